The van der Waals surface area contributed by atoms with Gasteiger partial charge in [0.2, 0.25) is 0 Å². The molecule has 0 radical (unpaired) electrons. The molecule has 1 saturated heterocycles. The number of carbonyl (C=O) groups excluding carboxylic acids is 1. The predicted octanol–water partition coefficient (Wildman–Crippen LogP) is 1.19. The molecule has 5 heteroatoms. The van der Waals surface area contributed by atoms with E-state index in [9.17, 15) is 4.79 Å². The molecule has 2 rings (SSSR count). The van der Waals surface area contributed by atoms with E-state index in [2.05, 4.69) is 10.6 Å². The summed E-state index contributed by atoms with van der Waals surface area (Å²) >= 11 is 0. The Kier molecular flexibility index (Phi) is 5.38. The Labute approximate surface area is 119 Å². The fraction of sp³-hybridized carbons (Fsp3) is 0.533. The molecule has 0 saturated carbocycles. The molecule has 0 aliphatic carbocycles. The Balaban J connectivity index is 1.88. The van der Waals surface area contributed by atoms with E-state index >= 15 is 0 Å². The highest BCUT2D eigenvalue weighted by atomic mass is 16.5. The van der Waals surface area contributed by atoms with Crippen molar-refractivity contribution in [1.29, 1.82) is 0 Å². The summed E-state index contributed by atoms with van der Waals surface area (Å²) in [6, 6.07) is 7.22. The molecule has 1 atom stereocenters. The average Bonchev–Trinajstić information content (AvgIpc) is 2.45. The van der Waals surface area contributed by atoms with Crippen molar-refractivity contribution in [3.05, 3.63) is 29.8 Å². The smallest absolute Gasteiger partial charge is 0.251 e. The zero-order chi connectivity index (χ0) is 14.4. The van der Waals surface area contributed by atoms with Crippen molar-refractivity contribution in [1.82, 2.24) is 10.6 Å². The number of carbonyl (C=O) groups is 1. The second-order valence-electron chi connectivity index (χ2n) is 5.10. The Hall–Kier alpha value is -1.59. The number of hydrogen-bond donors (Lipinski definition) is 2. The molecule has 1 aliphatic heterocycles. The normalized spacial score (nSPS) is 18.9. The number of amides is 1. The standard InChI is InChI=1S/C15H22N2O3/c1-11(2)20-13-5-3-4-12(8-13)15(18)17-10-14-9-16-6-7-19-14/h3-5,8,11,14,16H,6-7,9-10H2,1-2H3,(H,17,18). The lowest BCUT2D eigenvalue weighted by atomic mass is 10.2. The molecule has 1 aromatic carbocycles. The number of rotatable bonds is 5. The molecule has 1 aliphatic rings. The topological polar surface area (TPSA) is 59.6 Å². The van der Waals surface area contributed by atoms with Crippen molar-refractivity contribution in [2.45, 2.75) is 26.1 Å². The first kappa shape index (κ1) is 14.8. The Bertz CT molecular complexity index is 442. The number of hydrogen-bond acceptors (Lipinski definition) is 4. The molecule has 1 heterocycles. The van der Waals surface area contributed by atoms with Gasteiger partial charge in [-0.2, -0.15) is 0 Å². The van der Waals surface area contributed by atoms with E-state index in [4.69, 9.17) is 9.47 Å². The van der Waals surface area contributed by atoms with Gasteiger partial charge in [-0.3, -0.25) is 4.79 Å². The maximum Gasteiger partial charge on any atom is 0.251 e. The van der Waals surface area contributed by atoms with Gasteiger partial charge in [0, 0.05) is 25.2 Å². The van der Waals surface area contributed by atoms with Crippen molar-refractivity contribution >= 4 is 5.91 Å². The zero-order valence-corrected chi connectivity index (χ0v) is 12.0. The maximum atomic E-state index is 12.1. The molecule has 0 spiro atoms. The van der Waals surface area contributed by atoms with Gasteiger partial charge >= 0.3 is 0 Å². The highest BCUT2D eigenvalue weighted by molar-refractivity contribution is 5.94. The van der Waals surface area contributed by atoms with Gasteiger partial charge in [-0.15, -0.1) is 0 Å². The summed E-state index contributed by atoms with van der Waals surface area (Å²) in [6.45, 7) is 6.77. The first-order chi connectivity index (χ1) is 9.65. The summed E-state index contributed by atoms with van der Waals surface area (Å²) < 4.78 is 11.1. The molecule has 0 bridgehead atoms. The second-order valence-corrected chi connectivity index (χ2v) is 5.10. The molecule has 1 fully saturated rings. The van der Waals surface area contributed by atoms with Crippen LogP contribution < -0.4 is 15.4 Å². The summed E-state index contributed by atoms with van der Waals surface area (Å²) in [7, 11) is 0. The minimum atomic E-state index is -0.103. The molecule has 20 heavy (non-hydrogen) atoms. The van der Waals surface area contributed by atoms with Crippen molar-refractivity contribution in [3.63, 3.8) is 0 Å². The number of ether oxygens (including phenoxy) is 2. The van der Waals surface area contributed by atoms with Crippen molar-refractivity contribution in [2.75, 3.05) is 26.2 Å². The highest BCUT2D eigenvalue weighted by Crippen LogP contribution is 2.14. The summed E-state index contributed by atoms with van der Waals surface area (Å²) in [5, 5.41) is 6.12. The molecule has 1 aromatic rings. The number of nitrogens with one attached hydrogen (secondary N) is 2. The van der Waals surface area contributed by atoms with Gasteiger partial charge in [-0.05, 0) is 32.0 Å². The van der Waals surface area contributed by atoms with Crippen LogP contribution in [0, 0.1) is 0 Å². The van der Waals surface area contributed by atoms with Crippen molar-refractivity contribution < 1.29 is 14.3 Å². The number of benzene rings is 1. The van der Waals surface area contributed by atoms with Gasteiger partial charge < -0.3 is 20.1 Å². The summed E-state index contributed by atoms with van der Waals surface area (Å²) in [6.07, 6.45) is 0.137. The molecule has 1 unspecified atom stereocenters. The monoisotopic (exact) mass is 278 g/mol. The Morgan fingerprint density at radius 2 is 2.40 bits per heavy atom. The summed E-state index contributed by atoms with van der Waals surface area (Å²) in [4.78, 5) is 12.1. The lowest BCUT2D eigenvalue weighted by Gasteiger charge is -2.23. The lowest BCUT2D eigenvalue weighted by molar-refractivity contribution is 0.0287. The van der Waals surface area contributed by atoms with E-state index in [-0.39, 0.29) is 18.1 Å². The minimum Gasteiger partial charge on any atom is -0.491 e. The van der Waals surface area contributed by atoms with E-state index in [1.165, 1.54) is 0 Å². The van der Waals surface area contributed by atoms with Gasteiger partial charge in [-0.25, -0.2) is 0 Å². The molecule has 110 valence electrons. The third-order valence-corrected chi connectivity index (χ3v) is 2.96. The van der Waals surface area contributed by atoms with Gasteiger partial charge in [-0.1, -0.05) is 6.07 Å². The van der Waals surface area contributed by atoms with Crippen LogP contribution in [-0.2, 0) is 4.74 Å². The van der Waals surface area contributed by atoms with Crippen molar-refractivity contribution in [3.8, 4) is 5.75 Å². The molecule has 0 aromatic heterocycles. The van der Waals surface area contributed by atoms with E-state index in [0.717, 1.165) is 13.1 Å². The van der Waals surface area contributed by atoms with Crippen LogP contribution in [0.2, 0.25) is 0 Å². The fourth-order valence-electron chi connectivity index (χ4n) is 2.04. The second kappa shape index (κ2) is 7.26. The van der Waals surface area contributed by atoms with E-state index in [0.29, 0.717) is 24.5 Å². The SMILES string of the molecule is CC(C)Oc1cccc(C(=O)NCC2CNCCO2)c1. The third kappa shape index (κ3) is 4.51. The minimum absolute atomic E-state index is 0.0443. The van der Waals surface area contributed by atoms with Crippen LogP contribution in [0.5, 0.6) is 5.75 Å². The van der Waals surface area contributed by atoms with Crippen LogP contribution in [0.15, 0.2) is 24.3 Å². The predicted molar refractivity (Wildman–Crippen MR) is 77.1 cm³/mol. The van der Waals surface area contributed by atoms with Crippen LogP contribution in [0.3, 0.4) is 0 Å². The maximum absolute atomic E-state index is 12.1. The summed E-state index contributed by atoms with van der Waals surface area (Å²) in [5.74, 6) is 0.608. The van der Waals surface area contributed by atoms with Crippen LogP contribution >= 0.6 is 0 Å². The quantitative estimate of drug-likeness (QED) is 0.849. The van der Waals surface area contributed by atoms with E-state index < -0.39 is 0 Å². The first-order valence-corrected chi connectivity index (χ1v) is 7.02. The fourth-order valence-corrected chi connectivity index (χ4v) is 2.04. The van der Waals surface area contributed by atoms with Gasteiger partial charge in [0.25, 0.3) is 5.91 Å². The van der Waals surface area contributed by atoms with E-state index in [1.54, 1.807) is 12.1 Å². The molecule has 1 amide bonds. The molecular weight excluding hydrogens is 256 g/mol. The largest absolute Gasteiger partial charge is 0.491 e. The summed E-state index contributed by atoms with van der Waals surface area (Å²) in [5.41, 5.74) is 0.604. The zero-order valence-electron chi connectivity index (χ0n) is 12.0. The highest BCUT2D eigenvalue weighted by Gasteiger charge is 2.15. The van der Waals surface area contributed by atoms with Gasteiger partial charge in [0.15, 0.2) is 0 Å². The number of morpholine rings is 1. The first-order valence-electron chi connectivity index (χ1n) is 7.02. The van der Waals surface area contributed by atoms with Crippen LogP contribution in [-0.4, -0.2) is 44.4 Å². The lowest BCUT2D eigenvalue weighted by Crippen LogP contribution is -2.45. The van der Waals surface area contributed by atoms with Crippen LogP contribution in [0.4, 0.5) is 0 Å². The van der Waals surface area contributed by atoms with E-state index in [1.807, 2.05) is 26.0 Å². The molecule has 2 N–H and O–H groups in total. The third-order valence-electron chi connectivity index (χ3n) is 2.96. The molecule has 5 nitrogen and oxygen atoms in total. The van der Waals surface area contributed by atoms with Gasteiger partial charge in [0.05, 0.1) is 18.8 Å². The molecular formula is C15H22N2O3. The van der Waals surface area contributed by atoms with Crippen LogP contribution in [0.25, 0.3) is 0 Å². The van der Waals surface area contributed by atoms with Crippen LogP contribution in [0.1, 0.15) is 24.2 Å². The van der Waals surface area contributed by atoms with Crippen molar-refractivity contribution in [2.24, 2.45) is 0 Å². The average molecular weight is 278 g/mol. The van der Waals surface area contributed by atoms with Gasteiger partial charge in [0.1, 0.15) is 5.75 Å². The Morgan fingerprint density at radius 3 is 3.10 bits per heavy atom. The Morgan fingerprint density at radius 1 is 1.55 bits per heavy atom.